The van der Waals surface area contributed by atoms with Gasteiger partial charge in [-0.25, -0.2) is 4.79 Å². The van der Waals surface area contributed by atoms with E-state index in [2.05, 4.69) is 24.0 Å². The molecule has 4 rings (SSSR count). The molecule has 0 fully saturated rings. The second-order valence-electron chi connectivity index (χ2n) is 7.12. The number of hydrogen-bond donors (Lipinski definition) is 0. The van der Waals surface area contributed by atoms with Gasteiger partial charge in [-0.3, -0.25) is 9.40 Å². The molecule has 2 aromatic carbocycles. The minimum absolute atomic E-state index is 0.212. The first kappa shape index (κ1) is 19.6. The lowest BCUT2D eigenvalue weighted by Gasteiger charge is -2.31. The maximum atomic E-state index is 13.2. The van der Waals surface area contributed by atoms with Crippen molar-refractivity contribution in [2.24, 2.45) is 0 Å². The zero-order chi connectivity index (χ0) is 20.3. The van der Waals surface area contributed by atoms with E-state index >= 15 is 0 Å². The lowest BCUT2D eigenvalue weighted by atomic mass is 9.90. The summed E-state index contributed by atoms with van der Waals surface area (Å²) in [5, 5.41) is 2.43. The van der Waals surface area contributed by atoms with Crippen LogP contribution in [0.4, 0.5) is 4.79 Å². The molecule has 0 radical (unpaired) electrons. The first-order chi connectivity index (χ1) is 14.2. The Balaban J connectivity index is 1.75. The third kappa shape index (κ3) is 3.42. The first-order valence-electron chi connectivity index (χ1n) is 9.81. The quantitative estimate of drug-likeness (QED) is 0.409. The molecule has 1 amide bonds. The third-order valence-electron chi connectivity index (χ3n) is 5.38. The van der Waals surface area contributed by atoms with Gasteiger partial charge >= 0.3 is 6.03 Å². The summed E-state index contributed by atoms with van der Waals surface area (Å²) in [7, 11) is 1.52. The Morgan fingerprint density at radius 2 is 1.86 bits per heavy atom. The highest BCUT2D eigenvalue weighted by Gasteiger charge is 2.50. The fourth-order valence-electron chi connectivity index (χ4n) is 4.05. The van der Waals surface area contributed by atoms with E-state index in [1.807, 2.05) is 48.5 Å². The van der Waals surface area contributed by atoms with E-state index in [0.717, 1.165) is 29.4 Å². The van der Waals surface area contributed by atoms with Crippen LogP contribution >= 0.6 is 11.6 Å². The van der Waals surface area contributed by atoms with Crippen molar-refractivity contribution in [2.75, 3.05) is 13.0 Å². The molecule has 0 N–H and O–H groups in total. The summed E-state index contributed by atoms with van der Waals surface area (Å²) < 4.78 is 1.72. The number of hydrogen-bond acceptors (Lipinski definition) is 2. The Bertz CT molecular complexity index is 1080. The fraction of sp³-hybridized carbons (Fsp3) is 0.292. The lowest BCUT2D eigenvalue weighted by Crippen LogP contribution is -2.42. The number of carbonyl (C=O) groups excluding carboxylic acids is 1. The molecule has 148 valence electrons. The van der Waals surface area contributed by atoms with Crippen LogP contribution in [0.2, 0.25) is 0 Å². The van der Waals surface area contributed by atoms with E-state index in [1.54, 1.807) is 4.57 Å². The molecular formula is C24H23ClN2O2. The first-order valence-corrected chi connectivity index (χ1v) is 10.3. The van der Waals surface area contributed by atoms with Gasteiger partial charge in [-0.1, -0.05) is 60.4 Å². The van der Waals surface area contributed by atoms with Crippen LogP contribution in [0.5, 0.6) is 0 Å². The molecule has 3 aromatic rings. The van der Waals surface area contributed by atoms with Crippen molar-refractivity contribution in [1.29, 1.82) is 0 Å². The minimum Gasteiger partial charge on any atom is -0.271 e. The number of fused-ring (bicyclic) bond motifs is 3. The summed E-state index contributed by atoms with van der Waals surface area (Å²) in [4.78, 5) is 18.8. The second-order valence-corrected chi connectivity index (χ2v) is 7.50. The van der Waals surface area contributed by atoms with Crippen molar-refractivity contribution < 1.29 is 9.63 Å². The number of para-hydroxylation sites is 1. The number of carbonyl (C=O) groups is 1. The summed E-state index contributed by atoms with van der Waals surface area (Å²) in [6.45, 7) is 0. The normalized spacial score (nSPS) is 18.0. The Morgan fingerprint density at radius 1 is 1.10 bits per heavy atom. The number of aromatic nitrogens is 1. The van der Waals surface area contributed by atoms with Gasteiger partial charge in [0.2, 0.25) is 0 Å². The number of nitrogens with zero attached hydrogens (tertiary/aromatic N) is 2. The van der Waals surface area contributed by atoms with Crippen molar-refractivity contribution in [3.63, 3.8) is 0 Å². The van der Waals surface area contributed by atoms with Crippen LogP contribution in [0, 0.1) is 11.8 Å². The van der Waals surface area contributed by atoms with E-state index in [4.69, 9.17) is 16.4 Å². The van der Waals surface area contributed by atoms with Gasteiger partial charge in [0.15, 0.2) is 5.54 Å². The van der Waals surface area contributed by atoms with Gasteiger partial charge in [0, 0.05) is 17.7 Å². The second kappa shape index (κ2) is 8.32. The Morgan fingerprint density at radius 3 is 2.62 bits per heavy atom. The SMILES string of the molecule is CON1C(=O)n2c(cc3ccccc32)C1(C#CCCc1ccccc1)CCCCl. The predicted molar refractivity (Wildman–Crippen MR) is 116 cm³/mol. The molecule has 0 saturated carbocycles. The smallest absolute Gasteiger partial charge is 0.271 e. The van der Waals surface area contributed by atoms with Crippen LogP contribution in [-0.2, 0) is 16.8 Å². The number of aryl methyl sites for hydroxylation is 1. The molecule has 1 aromatic heterocycles. The van der Waals surface area contributed by atoms with E-state index < -0.39 is 5.54 Å². The average Bonchev–Trinajstić information content (AvgIpc) is 3.25. The van der Waals surface area contributed by atoms with Gasteiger partial charge in [0.25, 0.3) is 0 Å². The molecule has 4 nitrogen and oxygen atoms in total. The predicted octanol–water partition coefficient (Wildman–Crippen LogP) is 5.34. The molecule has 0 aliphatic carbocycles. The van der Waals surface area contributed by atoms with Crippen LogP contribution < -0.4 is 0 Å². The minimum atomic E-state index is -0.837. The third-order valence-corrected chi connectivity index (χ3v) is 5.64. The largest absolute Gasteiger partial charge is 0.354 e. The van der Waals surface area contributed by atoms with Crippen LogP contribution in [-0.4, -0.2) is 28.7 Å². The maximum Gasteiger partial charge on any atom is 0.354 e. The number of amides is 1. The Labute approximate surface area is 176 Å². The summed E-state index contributed by atoms with van der Waals surface area (Å²) >= 11 is 6.02. The van der Waals surface area contributed by atoms with Crippen molar-refractivity contribution in [2.45, 2.75) is 31.2 Å². The lowest BCUT2D eigenvalue weighted by molar-refractivity contribution is -0.134. The van der Waals surface area contributed by atoms with Gasteiger partial charge in [-0.15, -0.1) is 11.6 Å². The number of rotatable bonds is 6. The van der Waals surface area contributed by atoms with Crippen LogP contribution in [0.1, 0.15) is 30.5 Å². The molecule has 0 saturated heterocycles. The Hall–Kier alpha value is -2.74. The molecule has 1 aliphatic heterocycles. The highest BCUT2D eigenvalue weighted by Crippen LogP contribution is 2.42. The van der Waals surface area contributed by atoms with Crippen molar-refractivity contribution in [3.05, 3.63) is 71.9 Å². The van der Waals surface area contributed by atoms with E-state index in [1.165, 1.54) is 17.7 Å². The van der Waals surface area contributed by atoms with Crippen LogP contribution in [0.15, 0.2) is 60.7 Å². The Kier molecular flexibility index (Phi) is 5.62. The monoisotopic (exact) mass is 406 g/mol. The zero-order valence-electron chi connectivity index (χ0n) is 16.4. The summed E-state index contributed by atoms with van der Waals surface area (Å²) in [5.41, 5.74) is 2.13. The number of halogens is 1. The van der Waals surface area contributed by atoms with E-state index in [9.17, 15) is 4.79 Å². The summed E-state index contributed by atoms with van der Waals surface area (Å²) in [5.74, 6) is 7.21. The fourth-order valence-corrected chi connectivity index (χ4v) is 4.18. The molecule has 1 unspecified atom stereocenters. The molecule has 0 bridgehead atoms. The molecule has 29 heavy (non-hydrogen) atoms. The molecule has 0 spiro atoms. The number of alkyl halides is 1. The van der Waals surface area contributed by atoms with Crippen molar-refractivity contribution >= 4 is 28.5 Å². The standard InChI is InChI=1S/C24H23ClN2O2/c1-29-27-23(28)26-21-14-6-5-13-20(21)18-22(26)24(27,16-9-17-25)15-8-7-12-19-10-3-2-4-11-19/h2-6,10-11,13-14,18H,7,9,12,16-17H2,1H3. The average molecular weight is 407 g/mol. The molecular weight excluding hydrogens is 384 g/mol. The van der Waals surface area contributed by atoms with Crippen molar-refractivity contribution in [3.8, 4) is 11.8 Å². The number of hydroxylamine groups is 2. The van der Waals surface area contributed by atoms with Gasteiger partial charge in [0.05, 0.1) is 18.3 Å². The molecule has 5 heteroatoms. The van der Waals surface area contributed by atoms with E-state index in [-0.39, 0.29) is 6.03 Å². The summed E-state index contributed by atoms with van der Waals surface area (Å²) in [6, 6.07) is 20.0. The van der Waals surface area contributed by atoms with Gasteiger partial charge in [-0.2, -0.15) is 5.06 Å². The van der Waals surface area contributed by atoms with Gasteiger partial charge < -0.3 is 0 Å². The zero-order valence-corrected chi connectivity index (χ0v) is 17.2. The number of benzene rings is 2. The maximum absolute atomic E-state index is 13.2. The molecule has 1 aliphatic rings. The van der Waals surface area contributed by atoms with Gasteiger partial charge in [0.1, 0.15) is 0 Å². The summed E-state index contributed by atoms with van der Waals surface area (Å²) in [6.07, 6.45) is 2.91. The topological polar surface area (TPSA) is 34.5 Å². The highest BCUT2D eigenvalue weighted by atomic mass is 35.5. The van der Waals surface area contributed by atoms with Crippen LogP contribution in [0.3, 0.4) is 0 Å². The molecule has 1 atom stereocenters. The molecule has 2 heterocycles. The van der Waals surface area contributed by atoms with Crippen molar-refractivity contribution in [1.82, 2.24) is 9.63 Å². The highest BCUT2D eigenvalue weighted by molar-refractivity contribution is 6.17. The van der Waals surface area contributed by atoms with Crippen LogP contribution in [0.25, 0.3) is 10.9 Å². The van der Waals surface area contributed by atoms with Gasteiger partial charge in [-0.05, 0) is 37.0 Å². The van der Waals surface area contributed by atoms with E-state index in [0.29, 0.717) is 18.7 Å².